The molecule has 0 radical (unpaired) electrons. The number of anilines is 1. The van der Waals surface area contributed by atoms with Crippen LogP contribution in [0.4, 0.5) is 5.69 Å². The lowest BCUT2D eigenvalue weighted by molar-refractivity contribution is 0.0697. The normalized spacial score (nSPS) is 10.1. The van der Waals surface area contributed by atoms with Gasteiger partial charge >= 0.3 is 5.97 Å². The number of hydrogen-bond donors (Lipinski definition) is 2. The Hall–Kier alpha value is -2.76. The summed E-state index contributed by atoms with van der Waals surface area (Å²) in [6, 6.07) is 6.67. The van der Waals surface area contributed by atoms with E-state index in [2.05, 4.69) is 4.98 Å². The average molecular weight is 274 g/mol. The van der Waals surface area contributed by atoms with Gasteiger partial charge < -0.3 is 20.3 Å². The first kappa shape index (κ1) is 13.7. The van der Waals surface area contributed by atoms with E-state index in [1.807, 2.05) is 13.0 Å². The second-order valence-corrected chi connectivity index (χ2v) is 4.14. The number of carboxylic acids is 1. The lowest BCUT2D eigenvalue weighted by Crippen LogP contribution is -2.05. The number of benzene rings is 1. The number of nitrogen functional groups attached to an aromatic ring is 1. The smallest absolute Gasteiger partial charge is 0.338 e. The van der Waals surface area contributed by atoms with Crippen molar-refractivity contribution < 1.29 is 19.4 Å². The van der Waals surface area contributed by atoms with Crippen LogP contribution in [0.5, 0.6) is 17.4 Å². The monoisotopic (exact) mass is 274 g/mol. The molecule has 0 atom stereocenters. The molecule has 0 aliphatic rings. The van der Waals surface area contributed by atoms with E-state index in [4.69, 9.17) is 20.3 Å². The summed E-state index contributed by atoms with van der Waals surface area (Å²) in [5, 5.41) is 9.01. The van der Waals surface area contributed by atoms with E-state index in [1.54, 1.807) is 12.1 Å². The van der Waals surface area contributed by atoms with Gasteiger partial charge in [-0.15, -0.1) is 0 Å². The third-order valence-electron chi connectivity index (χ3n) is 2.71. The average Bonchev–Trinajstić information content (AvgIpc) is 2.42. The predicted molar refractivity (Wildman–Crippen MR) is 73.4 cm³/mol. The largest absolute Gasteiger partial charge is 0.493 e. The molecule has 6 heteroatoms. The summed E-state index contributed by atoms with van der Waals surface area (Å²) in [5.41, 5.74) is 6.67. The van der Waals surface area contributed by atoms with Gasteiger partial charge in [-0.3, -0.25) is 0 Å². The van der Waals surface area contributed by atoms with Gasteiger partial charge in [-0.1, -0.05) is 6.07 Å². The zero-order valence-corrected chi connectivity index (χ0v) is 11.1. The predicted octanol–water partition coefficient (Wildman–Crippen LogP) is 2.47. The highest BCUT2D eigenvalue weighted by molar-refractivity contribution is 5.94. The van der Waals surface area contributed by atoms with Gasteiger partial charge in [0, 0.05) is 6.20 Å². The highest BCUT2D eigenvalue weighted by atomic mass is 16.5. The molecule has 6 nitrogen and oxygen atoms in total. The summed E-state index contributed by atoms with van der Waals surface area (Å²) in [6.07, 6.45) is 1.33. The zero-order chi connectivity index (χ0) is 14.7. The molecule has 2 rings (SSSR count). The number of carbonyl (C=O) groups is 1. The van der Waals surface area contributed by atoms with E-state index in [0.29, 0.717) is 11.5 Å². The van der Waals surface area contributed by atoms with E-state index < -0.39 is 5.97 Å². The van der Waals surface area contributed by atoms with Crippen molar-refractivity contribution in [3.05, 3.63) is 41.6 Å². The van der Waals surface area contributed by atoms with Gasteiger partial charge in [-0.25, -0.2) is 9.78 Å². The third kappa shape index (κ3) is 2.64. The molecule has 3 N–H and O–H groups in total. The highest BCUT2D eigenvalue weighted by Gasteiger charge is 2.15. The maximum Gasteiger partial charge on any atom is 0.338 e. The van der Waals surface area contributed by atoms with Gasteiger partial charge in [0.05, 0.1) is 12.7 Å². The Kier molecular flexibility index (Phi) is 3.74. The fourth-order valence-electron chi connectivity index (χ4n) is 1.69. The van der Waals surface area contributed by atoms with E-state index in [9.17, 15) is 4.79 Å². The van der Waals surface area contributed by atoms with Gasteiger partial charge in [-0.05, 0) is 30.7 Å². The summed E-state index contributed by atoms with van der Waals surface area (Å²) in [6.45, 7) is 1.92. The number of ether oxygens (including phenoxy) is 2. The molecule has 0 saturated heterocycles. The summed E-state index contributed by atoms with van der Waals surface area (Å²) < 4.78 is 10.8. The van der Waals surface area contributed by atoms with Crippen LogP contribution >= 0.6 is 0 Å². The maximum absolute atomic E-state index is 11.0. The number of nitrogens with zero attached hydrogens (tertiary/aromatic N) is 1. The number of aromatic carboxylic acids is 1. The van der Waals surface area contributed by atoms with Crippen molar-refractivity contribution in [1.29, 1.82) is 0 Å². The van der Waals surface area contributed by atoms with Crippen LogP contribution in [0, 0.1) is 6.92 Å². The summed E-state index contributed by atoms with van der Waals surface area (Å²) >= 11 is 0. The molecule has 2 aromatic rings. The SMILES string of the molecule is COc1cc(C)ccc1Oc1nccc(C(=O)O)c1N. The van der Waals surface area contributed by atoms with Crippen LogP contribution in [0.1, 0.15) is 15.9 Å². The lowest BCUT2D eigenvalue weighted by atomic mass is 10.2. The van der Waals surface area contributed by atoms with Crippen molar-refractivity contribution >= 4 is 11.7 Å². The number of aromatic nitrogens is 1. The van der Waals surface area contributed by atoms with Crippen LogP contribution in [0.25, 0.3) is 0 Å². The topological polar surface area (TPSA) is 94.7 Å². The van der Waals surface area contributed by atoms with Crippen molar-refractivity contribution in [3.63, 3.8) is 0 Å². The number of methoxy groups -OCH3 is 1. The van der Waals surface area contributed by atoms with Gasteiger partial charge in [0.1, 0.15) is 5.69 Å². The Bertz CT molecular complexity index is 656. The van der Waals surface area contributed by atoms with E-state index in [-0.39, 0.29) is 17.1 Å². The van der Waals surface area contributed by atoms with Crippen molar-refractivity contribution in [2.24, 2.45) is 0 Å². The first-order valence-electron chi connectivity index (χ1n) is 5.83. The summed E-state index contributed by atoms with van der Waals surface area (Å²) in [7, 11) is 1.52. The number of rotatable bonds is 4. The molecule has 0 fully saturated rings. The molecule has 0 aliphatic heterocycles. The van der Waals surface area contributed by atoms with Gasteiger partial charge in [-0.2, -0.15) is 0 Å². The van der Waals surface area contributed by atoms with E-state index >= 15 is 0 Å². The van der Waals surface area contributed by atoms with Crippen LogP contribution < -0.4 is 15.2 Å². The van der Waals surface area contributed by atoms with Crippen LogP contribution in [-0.2, 0) is 0 Å². The van der Waals surface area contributed by atoms with Crippen LogP contribution in [0.15, 0.2) is 30.5 Å². The number of nitrogens with two attached hydrogens (primary N) is 1. The van der Waals surface area contributed by atoms with Crippen LogP contribution in [0.2, 0.25) is 0 Å². The number of carboxylic acid groups (broad SMARTS) is 1. The second kappa shape index (κ2) is 5.48. The fourth-order valence-corrected chi connectivity index (χ4v) is 1.69. The summed E-state index contributed by atoms with van der Waals surface area (Å²) in [5.74, 6) is -0.163. The molecular formula is C14H14N2O4. The second-order valence-electron chi connectivity index (χ2n) is 4.14. The Morgan fingerprint density at radius 1 is 1.30 bits per heavy atom. The molecule has 0 spiro atoms. The van der Waals surface area contributed by atoms with Crippen molar-refractivity contribution in [2.75, 3.05) is 12.8 Å². The fraction of sp³-hybridized carbons (Fsp3) is 0.143. The molecule has 0 amide bonds. The third-order valence-corrected chi connectivity index (χ3v) is 2.71. The molecule has 0 unspecified atom stereocenters. The maximum atomic E-state index is 11.0. The minimum atomic E-state index is -1.13. The Labute approximate surface area is 115 Å². The van der Waals surface area contributed by atoms with Gasteiger partial charge in [0.15, 0.2) is 11.5 Å². The Morgan fingerprint density at radius 2 is 2.05 bits per heavy atom. The van der Waals surface area contributed by atoms with E-state index in [0.717, 1.165) is 5.56 Å². The zero-order valence-electron chi connectivity index (χ0n) is 11.1. The molecule has 0 bridgehead atoms. The van der Waals surface area contributed by atoms with Gasteiger partial charge in [0.2, 0.25) is 5.88 Å². The molecule has 20 heavy (non-hydrogen) atoms. The Morgan fingerprint density at radius 3 is 2.70 bits per heavy atom. The first-order chi connectivity index (χ1) is 9.52. The molecular weight excluding hydrogens is 260 g/mol. The number of aryl methyl sites for hydroxylation is 1. The van der Waals surface area contributed by atoms with Crippen molar-refractivity contribution in [2.45, 2.75) is 6.92 Å². The highest BCUT2D eigenvalue weighted by Crippen LogP contribution is 2.34. The summed E-state index contributed by atoms with van der Waals surface area (Å²) in [4.78, 5) is 15.0. The molecule has 0 saturated carbocycles. The molecule has 1 aromatic carbocycles. The lowest BCUT2D eigenvalue weighted by Gasteiger charge is -2.12. The van der Waals surface area contributed by atoms with Crippen molar-refractivity contribution in [3.8, 4) is 17.4 Å². The molecule has 0 aliphatic carbocycles. The van der Waals surface area contributed by atoms with E-state index in [1.165, 1.54) is 19.4 Å². The minimum absolute atomic E-state index is 0.0253. The molecule has 1 aromatic heterocycles. The number of pyridine rings is 1. The van der Waals surface area contributed by atoms with Crippen LogP contribution in [-0.4, -0.2) is 23.2 Å². The molecule has 1 heterocycles. The van der Waals surface area contributed by atoms with Crippen LogP contribution in [0.3, 0.4) is 0 Å². The first-order valence-corrected chi connectivity index (χ1v) is 5.83. The minimum Gasteiger partial charge on any atom is -0.493 e. The quantitative estimate of drug-likeness (QED) is 0.889. The molecule has 104 valence electrons. The standard InChI is InChI=1S/C14H14N2O4/c1-8-3-4-10(11(7-8)19-2)20-13-12(15)9(14(17)18)5-6-16-13/h3-7H,15H2,1-2H3,(H,17,18). The van der Waals surface area contributed by atoms with Crippen molar-refractivity contribution in [1.82, 2.24) is 4.98 Å². The van der Waals surface area contributed by atoms with Gasteiger partial charge in [0.25, 0.3) is 0 Å². The Balaban J connectivity index is 2.40. The number of hydrogen-bond acceptors (Lipinski definition) is 5.